The first-order valence-electron chi connectivity index (χ1n) is 8.33. The summed E-state index contributed by atoms with van der Waals surface area (Å²) in [5, 5.41) is 0. The van der Waals surface area contributed by atoms with Crippen molar-refractivity contribution in [1.29, 1.82) is 0 Å². The molecule has 0 bridgehead atoms. The first kappa shape index (κ1) is 17.9. The van der Waals surface area contributed by atoms with E-state index in [0.29, 0.717) is 19.6 Å². The molecule has 1 amide bonds. The highest BCUT2D eigenvalue weighted by Crippen LogP contribution is 2.35. The summed E-state index contributed by atoms with van der Waals surface area (Å²) in [6.45, 7) is 3.56. The SMILES string of the molecule is Cc1cc(Br)cc2c1N(C(=O)C1CCCN(S(C)(=O)=O)C1)CCC2. The zero-order chi connectivity index (χ0) is 17.5. The van der Waals surface area contributed by atoms with Gasteiger partial charge < -0.3 is 4.90 Å². The zero-order valence-corrected chi connectivity index (χ0v) is 16.5. The third-order valence-electron chi connectivity index (χ3n) is 4.91. The number of aryl methyl sites for hydroxylation is 2. The summed E-state index contributed by atoms with van der Waals surface area (Å²) in [6, 6.07) is 4.12. The summed E-state index contributed by atoms with van der Waals surface area (Å²) in [4.78, 5) is 15.0. The van der Waals surface area contributed by atoms with E-state index >= 15 is 0 Å². The lowest BCUT2D eigenvalue weighted by molar-refractivity contribution is -0.123. The summed E-state index contributed by atoms with van der Waals surface area (Å²) in [5.74, 6) is -0.183. The number of fused-ring (bicyclic) bond motifs is 1. The van der Waals surface area contributed by atoms with E-state index in [2.05, 4.69) is 22.0 Å². The first-order chi connectivity index (χ1) is 11.3. The Morgan fingerprint density at radius 3 is 2.71 bits per heavy atom. The van der Waals surface area contributed by atoms with Crippen LogP contribution in [0.4, 0.5) is 5.69 Å². The lowest BCUT2D eigenvalue weighted by Gasteiger charge is -2.37. The van der Waals surface area contributed by atoms with Crippen molar-refractivity contribution in [1.82, 2.24) is 4.31 Å². The third-order valence-corrected chi connectivity index (χ3v) is 6.64. The molecule has 0 spiro atoms. The second-order valence-corrected chi connectivity index (χ2v) is 9.68. The van der Waals surface area contributed by atoms with Crippen molar-refractivity contribution in [3.8, 4) is 0 Å². The van der Waals surface area contributed by atoms with Crippen LogP contribution in [0.1, 0.15) is 30.4 Å². The molecule has 2 aliphatic rings. The van der Waals surface area contributed by atoms with Crippen molar-refractivity contribution in [2.24, 2.45) is 5.92 Å². The van der Waals surface area contributed by atoms with Gasteiger partial charge in [-0.2, -0.15) is 0 Å². The fourth-order valence-corrected chi connectivity index (χ4v) is 5.34. The minimum absolute atomic E-state index is 0.0646. The quantitative estimate of drug-likeness (QED) is 0.747. The van der Waals surface area contributed by atoms with Crippen LogP contribution in [0.15, 0.2) is 16.6 Å². The minimum atomic E-state index is -3.24. The van der Waals surface area contributed by atoms with E-state index in [0.717, 1.165) is 41.4 Å². The summed E-state index contributed by atoms with van der Waals surface area (Å²) >= 11 is 3.53. The molecule has 2 aliphatic heterocycles. The van der Waals surface area contributed by atoms with E-state index in [1.807, 2.05) is 17.9 Å². The van der Waals surface area contributed by atoms with Crippen LogP contribution in [0.5, 0.6) is 0 Å². The van der Waals surface area contributed by atoms with Gasteiger partial charge in [-0.05, 0) is 55.9 Å². The predicted molar refractivity (Wildman–Crippen MR) is 98.7 cm³/mol. The summed E-state index contributed by atoms with van der Waals surface area (Å²) in [6.07, 6.45) is 4.63. The molecule has 5 nitrogen and oxygen atoms in total. The van der Waals surface area contributed by atoms with Gasteiger partial charge in [-0.1, -0.05) is 15.9 Å². The Bertz CT molecular complexity index is 763. The molecule has 3 rings (SSSR count). The molecule has 0 aromatic heterocycles. The molecule has 1 unspecified atom stereocenters. The predicted octanol–water partition coefficient (Wildman–Crippen LogP) is 2.71. The van der Waals surface area contributed by atoms with Crippen LogP contribution in [0, 0.1) is 12.8 Å². The van der Waals surface area contributed by atoms with Crippen molar-refractivity contribution in [2.75, 3.05) is 30.8 Å². The van der Waals surface area contributed by atoms with Crippen LogP contribution in [-0.4, -0.2) is 44.5 Å². The van der Waals surface area contributed by atoms with Crippen LogP contribution in [-0.2, 0) is 21.2 Å². The number of rotatable bonds is 2. The molecule has 1 fully saturated rings. The van der Waals surface area contributed by atoms with E-state index in [9.17, 15) is 13.2 Å². The number of piperidine rings is 1. The number of hydrogen-bond donors (Lipinski definition) is 0. The molecule has 1 atom stereocenters. The van der Waals surface area contributed by atoms with Gasteiger partial charge in [-0.15, -0.1) is 0 Å². The number of amides is 1. The van der Waals surface area contributed by atoms with Gasteiger partial charge in [0.15, 0.2) is 0 Å². The maximum absolute atomic E-state index is 13.1. The second-order valence-electron chi connectivity index (χ2n) is 6.78. The lowest BCUT2D eigenvalue weighted by atomic mass is 9.93. The molecule has 0 saturated carbocycles. The number of nitrogens with zero attached hydrogens (tertiary/aromatic N) is 2. The Morgan fingerprint density at radius 1 is 1.25 bits per heavy atom. The van der Waals surface area contributed by atoms with Crippen LogP contribution >= 0.6 is 15.9 Å². The van der Waals surface area contributed by atoms with Crippen LogP contribution < -0.4 is 4.90 Å². The zero-order valence-electron chi connectivity index (χ0n) is 14.1. The molecular formula is C17H23BrN2O3S. The number of carbonyl (C=O) groups excluding carboxylic acids is 1. The van der Waals surface area contributed by atoms with Crippen molar-refractivity contribution < 1.29 is 13.2 Å². The molecule has 1 aromatic carbocycles. The van der Waals surface area contributed by atoms with Crippen LogP contribution in [0.25, 0.3) is 0 Å². The Kier molecular flexibility index (Phi) is 5.04. The molecule has 0 aliphatic carbocycles. The Hall–Kier alpha value is -0.920. The average molecular weight is 415 g/mol. The van der Waals surface area contributed by atoms with Gasteiger partial charge in [0.2, 0.25) is 15.9 Å². The van der Waals surface area contributed by atoms with E-state index < -0.39 is 10.0 Å². The molecule has 1 aromatic rings. The topological polar surface area (TPSA) is 57.7 Å². The lowest BCUT2D eigenvalue weighted by Crippen LogP contribution is -2.47. The van der Waals surface area contributed by atoms with E-state index in [1.54, 1.807) is 0 Å². The van der Waals surface area contributed by atoms with Crippen molar-refractivity contribution in [3.63, 3.8) is 0 Å². The normalized spacial score (nSPS) is 22.3. The highest BCUT2D eigenvalue weighted by atomic mass is 79.9. The molecule has 24 heavy (non-hydrogen) atoms. The number of benzene rings is 1. The number of sulfonamides is 1. The summed E-state index contributed by atoms with van der Waals surface area (Å²) in [7, 11) is -3.24. The van der Waals surface area contributed by atoms with Gasteiger partial charge in [0, 0.05) is 29.8 Å². The molecular weight excluding hydrogens is 392 g/mol. The second kappa shape index (κ2) is 6.77. The van der Waals surface area contributed by atoms with E-state index in [-0.39, 0.29) is 11.8 Å². The Morgan fingerprint density at radius 2 is 2.00 bits per heavy atom. The van der Waals surface area contributed by atoms with E-state index in [4.69, 9.17) is 0 Å². The van der Waals surface area contributed by atoms with Gasteiger partial charge >= 0.3 is 0 Å². The maximum Gasteiger partial charge on any atom is 0.231 e. The fraction of sp³-hybridized carbons (Fsp3) is 0.588. The summed E-state index contributed by atoms with van der Waals surface area (Å²) < 4.78 is 26.1. The number of hydrogen-bond acceptors (Lipinski definition) is 3. The van der Waals surface area contributed by atoms with Crippen molar-refractivity contribution >= 4 is 37.5 Å². The largest absolute Gasteiger partial charge is 0.312 e. The van der Waals surface area contributed by atoms with Gasteiger partial charge in [-0.25, -0.2) is 12.7 Å². The van der Waals surface area contributed by atoms with Gasteiger partial charge in [0.1, 0.15) is 0 Å². The monoisotopic (exact) mass is 414 g/mol. The Balaban J connectivity index is 1.87. The smallest absolute Gasteiger partial charge is 0.231 e. The number of carbonyl (C=O) groups is 1. The highest BCUT2D eigenvalue weighted by Gasteiger charge is 2.35. The minimum Gasteiger partial charge on any atom is -0.312 e. The highest BCUT2D eigenvalue weighted by molar-refractivity contribution is 9.10. The third kappa shape index (κ3) is 3.53. The van der Waals surface area contributed by atoms with Gasteiger partial charge in [0.25, 0.3) is 0 Å². The molecule has 1 saturated heterocycles. The number of anilines is 1. The average Bonchev–Trinajstić information content (AvgIpc) is 2.52. The first-order valence-corrected chi connectivity index (χ1v) is 11.0. The summed E-state index contributed by atoms with van der Waals surface area (Å²) in [5.41, 5.74) is 3.30. The molecule has 7 heteroatoms. The number of halogens is 1. The van der Waals surface area contributed by atoms with Crippen molar-refractivity contribution in [3.05, 3.63) is 27.7 Å². The standard InChI is InChI=1S/C17H23BrN2O3S/c1-12-9-15(18)10-13-5-4-8-20(16(12)13)17(21)14-6-3-7-19(11-14)24(2,22)23/h9-10,14H,3-8,11H2,1-2H3. The van der Waals surface area contributed by atoms with Crippen LogP contribution in [0.2, 0.25) is 0 Å². The Labute approximate surface area is 152 Å². The molecule has 132 valence electrons. The van der Waals surface area contributed by atoms with Gasteiger partial charge in [-0.3, -0.25) is 4.79 Å². The maximum atomic E-state index is 13.1. The molecule has 2 heterocycles. The molecule has 0 radical (unpaired) electrons. The molecule has 0 N–H and O–H groups in total. The van der Waals surface area contributed by atoms with Crippen LogP contribution in [0.3, 0.4) is 0 Å². The van der Waals surface area contributed by atoms with E-state index in [1.165, 1.54) is 16.1 Å². The van der Waals surface area contributed by atoms with Gasteiger partial charge in [0.05, 0.1) is 12.2 Å². The fourth-order valence-electron chi connectivity index (χ4n) is 3.81. The van der Waals surface area contributed by atoms with Crippen molar-refractivity contribution in [2.45, 2.75) is 32.6 Å².